The lowest BCUT2D eigenvalue weighted by Crippen LogP contribution is -2.37. The standard InChI is InChI=1S/C20H20N2O4S/c23-19-11-14-22(18-6-2-1-5-17(18)19)20(24)15-7-9-16(10-8-15)27(25,26)21-12-3-4-13-21/h1-2,5-10H,3-4,11-14H2. The molecule has 0 saturated carbocycles. The highest BCUT2D eigenvalue weighted by atomic mass is 32.2. The van der Waals surface area contributed by atoms with Crippen LogP contribution in [0.3, 0.4) is 0 Å². The van der Waals surface area contributed by atoms with E-state index in [-0.39, 0.29) is 23.0 Å². The van der Waals surface area contributed by atoms with Crippen LogP contribution in [0.4, 0.5) is 5.69 Å². The molecule has 0 bridgehead atoms. The maximum atomic E-state index is 12.9. The van der Waals surface area contributed by atoms with Crippen LogP contribution in [-0.4, -0.2) is 44.0 Å². The van der Waals surface area contributed by atoms with E-state index in [1.165, 1.54) is 16.4 Å². The van der Waals surface area contributed by atoms with Crippen LogP contribution in [0.15, 0.2) is 53.4 Å². The van der Waals surface area contributed by atoms with Gasteiger partial charge in [-0.05, 0) is 49.2 Å². The zero-order chi connectivity index (χ0) is 19.0. The summed E-state index contributed by atoms with van der Waals surface area (Å²) in [6.07, 6.45) is 2.04. The lowest BCUT2D eigenvalue weighted by molar-refractivity contribution is 0.0955. The summed E-state index contributed by atoms with van der Waals surface area (Å²) in [6.45, 7) is 1.41. The number of Topliss-reactive ketones (excluding diaryl/α,β-unsaturated/α-hetero) is 1. The van der Waals surface area contributed by atoms with Crippen molar-refractivity contribution in [2.75, 3.05) is 24.5 Å². The lowest BCUT2D eigenvalue weighted by Gasteiger charge is -2.28. The lowest BCUT2D eigenvalue weighted by atomic mass is 9.99. The van der Waals surface area contributed by atoms with Gasteiger partial charge in [0.05, 0.1) is 10.6 Å². The second kappa shape index (κ2) is 6.90. The first-order valence-electron chi connectivity index (χ1n) is 9.03. The molecule has 1 fully saturated rings. The van der Waals surface area contributed by atoms with Crippen molar-refractivity contribution >= 4 is 27.4 Å². The number of nitrogens with zero attached hydrogens (tertiary/aromatic N) is 2. The predicted molar refractivity (Wildman–Crippen MR) is 102 cm³/mol. The van der Waals surface area contributed by atoms with Gasteiger partial charge in [0.1, 0.15) is 0 Å². The average molecular weight is 384 g/mol. The number of hydrogen-bond donors (Lipinski definition) is 0. The highest BCUT2D eigenvalue weighted by Gasteiger charge is 2.29. The molecule has 4 rings (SSSR count). The van der Waals surface area contributed by atoms with E-state index < -0.39 is 10.0 Å². The molecule has 2 aliphatic heterocycles. The molecule has 1 amide bonds. The van der Waals surface area contributed by atoms with Crippen LogP contribution in [0.25, 0.3) is 0 Å². The molecule has 1 saturated heterocycles. The van der Waals surface area contributed by atoms with Crippen molar-refractivity contribution in [3.05, 3.63) is 59.7 Å². The molecule has 0 radical (unpaired) electrons. The summed E-state index contributed by atoms with van der Waals surface area (Å²) in [4.78, 5) is 26.8. The first-order chi connectivity index (χ1) is 13.0. The summed E-state index contributed by atoms with van der Waals surface area (Å²) >= 11 is 0. The Morgan fingerprint density at radius 1 is 0.889 bits per heavy atom. The van der Waals surface area contributed by atoms with Crippen LogP contribution in [0.5, 0.6) is 0 Å². The first kappa shape index (κ1) is 17.9. The summed E-state index contributed by atoms with van der Waals surface area (Å²) in [5.41, 5.74) is 1.55. The largest absolute Gasteiger partial charge is 0.307 e. The van der Waals surface area contributed by atoms with Gasteiger partial charge in [-0.15, -0.1) is 0 Å². The minimum Gasteiger partial charge on any atom is -0.307 e. The zero-order valence-electron chi connectivity index (χ0n) is 14.8. The van der Waals surface area contributed by atoms with E-state index in [9.17, 15) is 18.0 Å². The molecule has 0 aliphatic carbocycles. The first-order valence-corrected chi connectivity index (χ1v) is 10.5. The zero-order valence-corrected chi connectivity index (χ0v) is 15.6. The predicted octanol–water partition coefficient (Wildman–Crippen LogP) is 2.70. The Morgan fingerprint density at radius 2 is 1.56 bits per heavy atom. The quantitative estimate of drug-likeness (QED) is 0.815. The molecule has 2 aromatic carbocycles. The maximum Gasteiger partial charge on any atom is 0.258 e. The molecule has 27 heavy (non-hydrogen) atoms. The molecule has 0 spiro atoms. The van der Waals surface area contributed by atoms with E-state index in [2.05, 4.69) is 0 Å². The monoisotopic (exact) mass is 384 g/mol. The number of para-hydroxylation sites is 1. The van der Waals surface area contributed by atoms with E-state index in [1.807, 2.05) is 0 Å². The molecule has 0 unspecified atom stereocenters. The van der Waals surface area contributed by atoms with Gasteiger partial charge in [0.25, 0.3) is 5.91 Å². The third kappa shape index (κ3) is 3.17. The van der Waals surface area contributed by atoms with Crippen LogP contribution < -0.4 is 4.90 Å². The van der Waals surface area contributed by atoms with Gasteiger partial charge in [-0.1, -0.05) is 12.1 Å². The van der Waals surface area contributed by atoms with Crippen molar-refractivity contribution in [3.63, 3.8) is 0 Å². The van der Waals surface area contributed by atoms with Gasteiger partial charge in [-0.25, -0.2) is 8.42 Å². The van der Waals surface area contributed by atoms with Gasteiger partial charge in [0, 0.05) is 37.2 Å². The Labute approximate surface area is 158 Å². The van der Waals surface area contributed by atoms with E-state index in [1.54, 1.807) is 41.3 Å². The maximum absolute atomic E-state index is 12.9. The fraction of sp³-hybridized carbons (Fsp3) is 0.300. The van der Waals surface area contributed by atoms with Crippen molar-refractivity contribution in [1.82, 2.24) is 4.31 Å². The molecule has 2 aliphatic rings. The summed E-state index contributed by atoms with van der Waals surface area (Å²) in [5, 5.41) is 0. The Morgan fingerprint density at radius 3 is 2.26 bits per heavy atom. The molecule has 2 heterocycles. The van der Waals surface area contributed by atoms with Gasteiger partial charge in [0.15, 0.2) is 5.78 Å². The van der Waals surface area contributed by atoms with Crippen molar-refractivity contribution in [1.29, 1.82) is 0 Å². The number of benzene rings is 2. The number of fused-ring (bicyclic) bond motifs is 1. The third-order valence-corrected chi connectivity index (χ3v) is 7.02. The van der Waals surface area contributed by atoms with Crippen molar-refractivity contribution in [2.24, 2.45) is 0 Å². The second-order valence-corrected chi connectivity index (χ2v) is 8.72. The van der Waals surface area contributed by atoms with E-state index in [0.29, 0.717) is 36.4 Å². The topological polar surface area (TPSA) is 74.8 Å². The third-order valence-electron chi connectivity index (χ3n) is 5.11. The minimum absolute atomic E-state index is 0.0294. The Bertz CT molecular complexity index is 993. The number of anilines is 1. The number of carbonyl (C=O) groups excluding carboxylic acids is 2. The van der Waals surface area contributed by atoms with Crippen molar-refractivity contribution < 1.29 is 18.0 Å². The minimum atomic E-state index is -3.50. The summed E-state index contributed by atoms with van der Waals surface area (Å²) in [6, 6.07) is 13.1. The number of carbonyl (C=O) groups is 2. The van der Waals surface area contributed by atoms with Gasteiger partial charge in [-0.3, -0.25) is 9.59 Å². The average Bonchev–Trinajstić information content (AvgIpc) is 3.24. The normalized spacial score (nSPS) is 17.8. The van der Waals surface area contributed by atoms with Crippen LogP contribution >= 0.6 is 0 Å². The van der Waals surface area contributed by atoms with E-state index >= 15 is 0 Å². The summed E-state index contributed by atoms with van der Waals surface area (Å²) < 4.78 is 26.7. The molecule has 140 valence electrons. The molecule has 6 nitrogen and oxygen atoms in total. The molecular formula is C20H20N2O4S. The highest BCUT2D eigenvalue weighted by molar-refractivity contribution is 7.89. The van der Waals surface area contributed by atoms with Gasteiger partial charge in [0.2, 0.25) is 10.0 Å². The Balaban J connectivity index is 1.60. The number of ketones is 1. The smallest absolute Gasteiger partial charge is 0.258 e. The molecule has 0 atom stereocenters. The Kier molecular flexibility index (Phi) is 4.57. The summed E-state index contributed by atoms with van der Waals surface area (Å²) in [5.74, 6) is -0.207. The van der Waals surface area contributed by atoms with Crippen LogP contribution in [0.1, 0.15) is 40.0 Å². The van der Waals surface area contributed by atoms with Crippen LogP contribution in [0.2, 0.25) is 0 Å². The summed E-state index contributed by atoms with van der Waals surface area (Å²) in [7, 11) is -3.50. The highest BCUT2D eigenvalue weighted by Crippen LogP contribution is 2.28. The number of sulfonamides is 1. The molecule has 7 heteroatoms. The molecule has 0 N–H and O–H groups in total. The fourth-order valence-electron chi connectivity index (χ4n) is 3.63. The van der Waals surface area contributed by atoms with Crippen LogP contribution in [-0.2, 0) is 10.0 Å². The molecule has 0 aromatic heterocycles. The van der Waals surface area contributed by atoms with Crippen molar-refractivity contribution in [3.8, 4) is 0 Å². The number of hydrogen-bond acceptors (Lipinski definition) is 4. The fourth-order valence-corrected chi connectivity index (χ4v) is 5.14. The van der Waals surface area contributed by atoms with Gasteiger partial charge in [-0.2, -0.15) is 4.31 Å². The van der Waals surface area contributed by atoms with E-state index in [0.717, 1.165) is 12.8 Å². The Hall–Kier alpha value is -2.51. The number of rotatable bonds is 3. The van der Waals surface area contributed by atoms with Gasteiger partial charge < -0.3 is 4.90 Å². The number of amides is 1. The SMILES string of the molecule is O=C1CCN(C(=O)c2ccc(S(=O)(=O)N3CCCC3)cc2)c2ccccc21. The van der Waals surface area contributed by atoms with Crippen molar-refractivity contribution in [2.45, 2.75) is 24.2 Å². The molecule has 2 aromatic rings. The van der Waals surface area contributed by atoms with E-state index in [4.69, 9.17) is 0 Å². The van der Waals surface area contributed by atoms with Gasteiger partial charge >= 0.3 is 0 Å². The molecular weight excluding hydrogens is 364 g/mol. The second-order valence-electron chi connectivity index (χ2n) is 6.78. The van der Waals surface area contributed by atoms with Crippen LogP contribution in [0, 0.1) is 0 Å².